The number of fused-ring (bicyclic) bond motifs is 17. The minimum atomic E-state index is -0.808. The molecule has 4 aliphatic rings. The molecule has 17 rings (SSSR count). The van der Waals surface area contributed by atoms with Gasteiger partial charge in [0.25, 0.3) is 0 Å². The van der Waals surface area contributed by atoms with Crippen molar-refractivity contribution in [2.45, 2.75) is 43.9 Å². The molecule has 0 saturated carbocycles. The van der Waals surface area contributed by atoms with E-state index in [0.717, 1.165) is 79.0 Å². The number of anilines is 6. The fourth-order valence-electron chi connectivity index (χ4n) is 15.6. The minimum Gasteiger partial charge on any atom is -0.455 e. The van der Waals surface area contributed by atoms with E-state index in [-0.39, 0.29) is 10.8 Å². The fourth-order valence-corrected chi connectivity index (χ4v) is 15.6. The van der Waals surface area contributed by atoms with Gasteiger partial charge in [-0.1, -0.05) is 258 Å². The van der Waals surface area contributed by atoms with Crippen LogP contribution in [0.3, 0.4) is 0 Å². The van der Waals surface area contributed by atoms with Gasteiger partial charge >= 0.3 is 0 Å². The normalized spacial score (nSPS) is 14.3. The van der Waals surface area contributed by atoms with Gasteiger partial charge in [-0.3, -0.25) is 0 Å². The smallest absolute Gasteiger partial charge is 0.140 e. The molecule has 0 saturated heterocycles. The lowest BCUT2D eigenvalue weighted by Crippen LogP contribution is -2.35. The molecule has 0 aromatic heterocycles. The van der Waals surface area contributed by atoms with Crippen LogP contribution in [0.4, 0.5) is 34.1 Å². The maximum atomic E-state index is 7.81. The Hall–Kier alpha value is -10.7. The van der Waals surface area contributed by atoms with Crippen LogP contribution in [0, 0.1) is 0 Å². The maximum Gasteiger partial charge on any atom is 0.140 e. The highest BCUT2D eigenvalue weighted by Crippen LogP contribution is 2.64. The van der Waals surface area contributed by atoms with Crippen molar-refractivity contribution < 1.29 is 4.74 Å². The summed E-state index contributed by atoms with van der Waals surface area (Å²) in [6.45, 7) is 9.42. The van der Waals surface area contributed by atoms with Crippen LogP contribution in [0.1, 0.15) is 72.2 Å². The fraction of sp³-hybridized carbons (Fsp3) is 0.0824. The number of benzene rings is 13. The van der Waals surface area contributed by atoms with Crippen LogP contribution in [-0.2, 0) is 16.2 Å². The van der Waals surface area contributed by atoms with Gasteiger partial charge in [0.15, 0.2) is 0 Å². The van der Waals surface area contributed by atoms with Crippen LogP contribution in [-0.4, -0.2) is 0 Å². The number of rotatable bonds is 8. The summed E-state index contributed by atoms with van der Waals surface area (Å²) in [6.07, 6.45) is 0. The van der Waals surface area contributed by atoms with Gasteiger partial charge in [-0.15, -0.1) is 0 Å². The Morgan fingerprint density at radius 1 is 0.216 bits per heavy atom. The SMILES string of the molecule is CC1(C)c2ccccc2-c2ccc(N(c3ccccc3)c3ccc(-c4cccc5c4Oc4c(-c6ccc(N(c7ccccc7)c7ccc8c(c7)C(C)(C)c7ccccc7-8)cc6)cccc4C54c5ccccc5-c5ccccc5-c5ccccc54)cc3)cc21. The van der Waals surface area contributed by atoms with Crippen molar-refractivity contribution in [3.05, 3.63) is 348 Å². The summed E-state index contributed by atoms with van der Waals surface area (Å²) in [4.78, 5) is 4.79. The summed E-state index contributed by atoms with van der Waals surface area (Å²) in [5.41, 5.74) is 29.8. The summed E-state index contributed by atoms with van der Waals surface area (Å²) in [5.74, 6) is 1.69. The van der Waals surface area contributed by atoms with Crippen LogP contribution in [0.5, 0.6) is 11.5 Å². The Morgan fingerprint density at radius 2 is 0.500 bits per heavy atom. The van der Waals surface area contributed by atoms with Gasteiger partial charge in [-0.2, -0.15) is 0 Å². The van der Waals surface area contributed by atoms with Gasteiger partial charge in [0, 0.05) is 67.2 Å². The average Bonchev–Trinajstić information content (AvgIpc) is 1.15. The lowest BCUT2D eigenvalue weighted by atomic mass is 9.61. The van der Waals surface area contributed by atoms with Gasteiger partial charge in [-0.05, 0) is 162 Å². The zero-order valence-electron chi connectivity index (χ0n) is 49.7. The number of hydrogen-bond acceptors (Lipinski definition) is 3. The van der Waals surface area contributed by atoms with E-state index in [2.05, 4.69) is 341 Å². The Kier molecular flexibility index (Phi) is 11.5. The number of para-hydroxylation sites is 4. The van der Waals surface area contributed by atoms with Crippen molar-refractivity contribution in [1.29, 1.82) is 0 Å². The molecule has 1 spiro atoms. The average molecular weight is 1130 g/mol. The van der Waals surface area contributed by atoms with Crippen molar-refractivity contribution in [3.8, 4) is 78.3 Å². The lowest BCUT2D eigenvalue weighted by Gasteiger charge is -2.43. The molecule has 3 heteroatoms. The molecule has 1 aliphatic heterocycles. The molecule has 3 aliphatic carbocycles. The van der Waals surface area contributed by atoms with E-state index in [0.29, 0.717) is 0 Å². The second kappa shape index (κ2) is 19.7. The van der Waals surface area contributed by atoms with Gasteiger partial charge < -0.3 is 14.5 Å². The Labute approximate surface area is 515 Å². The third-order valence-corrected chi connectivity index (χ3v) is 19.8. The van der Waals surface area contributed by atoms with E-state index in [1.54, 1.807) is 0 Å². The van der Waals surface area contributed by atoms with Crippen molar-refractivity contribution >= 4 is 34.1 Å². The highest BCUT2D eigenvalue weighted by atomic mass is 16.5. The first-order valence-corrected chi connectivity index (χ1v) is 30.8. The van der Waals surface area contributed by atoms with Crippen LogP contribution < -0.4 is 14.5 Å². The van der Waals surface area contributed by atoms with Gasteiger partial charge in [0.1, 0.15) is 11.5 Å². The second-order valence-electron chi connectivity index (χ2n) is 25.1. The first-order valence-electron chi connectivity index (χ1n) is 30.8. The van der Waals surface area contributed by atoms with E-state index < -0.39 is 5.41 Å². The Morgan fingerprint density at radius 3 is 0.898 bits per heavy atom. The summed E-state index contributed by atoms with van der Waals surface area (Å²) >= 11 is 0. The van der Waals surface area contributed by atoms with Gasteiger partial charge in [0.2, 0.25) is 0 Å². The van der Waals surface area contributed by atoms with Crippen molar-refractivity contribution in [2.75, 3.05) is 9.80 Å². The van der Waals surface area contributed by atoms with Crippen LogP contribution in [0.2, 0.25) is 0 Å². The third kappa shape index (κ3) is 7.56. The molecular weight excluding hydrogens is 1060 g/mol. The van der Waals surface area contributed by atoms with Gasteiger partial charge in [0.05, 0.1) is 5.41 Å². The van der Waals surface area contributed by atoms with Gasteiger partial charge in [-0.25, -0.2) is 0 Å². The molecule has 0 fully saturated rings. The topological polar surface area (TPSA) is 15.7 Å². The maximum absolute atomic E-state index is 7.81. The second-order valence-corrected chi connectivity index (χ2v) is 25.1. The molecule has 0 atom stereocenters. The van der Waals surface area contributed by atoms with E-state index in [4.69, 9.17) is 4.74 Å². The Balaban J connectivity index is 0.831. The molecule has 0 unspecified atom stereocenters. The summed E-state index contributed by atoms with van der Waals surface area (Å²) in [5, 5.41) is 0. The molecule has 13 aromatic carbocycles. The molecule has 418 valence electrons. The Bertz CT molecular complexity index is 4630. The van der Waals surface area contributed by atoms with E-state index in [1.165, 1.54) is 77.9 Å². The molecule has 0 amide bonds. The quantitative estimate of drug-likeness (QED) is 0.151. The highest BCUT2D eigenvalue weighted by Gasteiger charge is 2.50. The van der Waals surface area contributed by atoms with E-state index >= 15 is 0 Å². The van der Waals surface area contributed by atoms with Crippen molar-refractivity contribution in [2.24, 2.45) is 0 Å². The van der Waals surface area contributed by atoms with Crippen LogP contribution in [0.15, 0.2) is 303 Å². The van der Waals surface area contributed by atoms with Crippen molar-refractivity contribution in [3.63, 3.8) is 0 Å². The molecule has 13 aromatic rings. The standard InChI is InChI=1S/C85H62N2O/c1-83(2)73-35-17-13-31-69(73)71-51-49-61(53-79(71)83)86(57-23-7-5-8-24-57)59-45-41-55(42-46-59)63-33-21-39-77-81(63)88-82-64(34-22-40-78(82)85(77)75-37-19-15-29-67(75)65-27-11-12-28-66(65)68-30-16-20-38-76(68)85)56-43-47-60(48-44-56)87(58-25-9-6-10-26-58)62-50-52-72-70-32-14-18-36-74(70)84(3,4)80(72)54-62/h5-54H,1-4H3. The number of nitrogens with zero attached hydrogens (tertiary/aromatic N) is 2. The zero-order chi connectivity index (χ0) is 58.9. The minimum absolute atomic E-state index is 0.139. The summed E-state index contributed by atoms with van der Waals surface area (Å²) in [6, 6.07) is 112. The first-order chi connectivity index (χ1) is 43.2. The summed E-state index contributed by atoms with van der Waals surface area (Å²) < 4.78 is 7.81. The van der Waals surface area contributed by atoms with Crippen molar-refractivity contribution in [1.82, 2.24) is 0 Å². The molecule has 0 bridgehead atoms. The molecule has 0 N–H and O–H groups in total. The highest BCUT2D eigenvalue weighted by molar-refractivity contribution is 5.96. The molecule has 0 radical (unpaired) electrons. The largest absolute Gasteiger partial charge is 0.455 e. The van der Waals surface area contributed by atoms with Crippen LogP contribution in [0.25, 0.3) is 66.8 Å². The lowest BCUT2D eigenvalue weighted by molar-refractivity contribution is 0.438. The third-order valence-electron chi connectivity index (χ3n) is 19.8. The molecule has 1 heterocycles. The molecular formula is C85H62N2O. The predicted molar refractivity (Wildman–Crippen MR) is 365 cm³/mol. The molecule has 88 heavy (non-hydrogen) atoms. The van der Waals surface area contributed by atoms with Crippen LogP contribution >= 0.6 is 0 Å². The summed E-state index contributed by atoms with van der Waals surface area (Å²) in [7, 11) is 0. The zero-order valence-corrected chi connectivity index (χ0v) is 49.7. The number of hydrogen-bond donors (Lipinski definition) is 0. The first kappa shape index (κ1) is 51.7. The number of ether oxygens (including phenoxy) is 1. The monoisotopic (exact) mass is 1130 g/mol. The van der Waals surface area contributed by atoms with E-state index in [1.807, 2.05) is 0 Å². The predicted octanol–water partition coefficient (Wildman–Crippen LogP) is 22.7. The molecule has 3 nitrogen and oxygen atoms in total. The van der Waals surface area contributed by atoms with E-state index in [9.17, 15) is 0 Å².